The zero-order valence-corrected chi connectivity index (χ0v) is 10.9. The maximum absolute atomic E-state index is 13.2. The summed E-state index contributed by atoms with van der Waals surface area (Å²) in [6, 6.07) is 1.77. The van der Waals surface area contributed by atoms with Gasteiger partial charge in [0.1, 0.15) is 11.9 Å². The Morgan fingerprint density at radius 2 is 2.17 bits per heavy atom. The Kier molecular flexibility index (Phi) is 4.66. The van der Waals surface area contributed by atoms with Crippen LogP contribution in [0, 0.1) is 5.82 Å². The summed E-state index contributed by atoms with van der Waals surface area (Å²) >= 11 is 5.46. The van der Waals surface area contributed by atoms with Gasteiger partial charge in [0.05, 0.1) is 10.8 Å². The smallest absolute Gasteiger partial charge is 0.326 e. The SMILES string of the molecule is CCS(=O)(=O)NC(C(=O)O)c1ccc(Cl)c(F)c1. The fourth-order valence-electron chi connectivity index (χ4n) is 1.22. The Hall–Kier alpha value is -1.18. The van der Waals surface area contributed by atoms with Crippen molar-refractivity contribution in [1.82, 2.24) is 4.72 Å². The first-order chi connectivity index (χ1) is 8.26. The molecule has 0 aromatic heterocycles. The lowest BCUT2D eigenvalue weighted by atomic mass is 10.1. The first-order valence-corrected chi connectivity index (χ1v) is 6.97. The molecule has 0 aliphatic carbocycles. The molecule has 0 heterocycles. The molecule has 18 heavy (non-hydrogen) atoms. The summed E-state index contributed by atoms with van der Waals surface area (Å²) in [5, 5.41) is 8.80. The average molecular weight is 296 g/mol. The second-order valence-electron chi connectivity index (χ2n) is 3.47. The van der Waals surface area contributed by atoms with E-state index in [4.69, 9.17) is 16.7 Å². The van der Waals surface area contributed by atoms with Crippen LogP contribution in [0.4, 0.5) is 4.39 Å². The molecule has 0 fully saturated rings. The molecule has 0 amide bonds. The van der Waals surface area contributed by atoms with E-state index in [-0.39, 0.29) is 16.3 Å². The van der Waals surface area contributed by atoms with Gasteiger partial charge < -0.3 is 5.11 Å². The van der Waals surface area contributed by atoms with E-state index in [9.17, 15) is 17.6 Å². The Labute approximate surface area is 109 Å². The van der Waals surface area contributed by atoms with Gasteiger partial charge in [-0.3, -0.25) is 4.79 Å². The van der Waals surface area contributed by atoms with Crippen LogP contribution in [0.5, 0.6) is 0 Å². The quantitative estimate of drug-likeness (QED) is 0.863. The van der Waals surface area contributed by atoms with Crippen LogP contribution in [0.1, 0.15) is 18.5 Å². The van der Waals surface area contributed by atoms with Gasteiger partial charge in [-0.05, 0) is 24.6 Å². The fraction of sp³-hybridized carbons (Fsp3) is 0.300. The van der Waals surface area contributed by atoms with E-state index in [0.717, 1.165) is 6.07 Å². The first-order valence-electron chi connectivity index (χ1n) is 4.94. The highest BCUT2D eigenvalue weighted by Gasteiger charge is 2.25. The van der Waals surface area contributed by atoms with Crippen molar-refractivity contribution in [3.63, 3.8) is 0 Å². The van der Waals surface area contributed by atoms with Gasteiger partial charge in [-0.25, -0.2) is 12.8 Å². The molecule has 1 rings (SSSR count). The van der Waals surface area contributed by atoms with Crippen molar-refractivity contribution < 1.29 is 22.7 Å². The molecule has 8 heteroatoms. The van der Waals surface area contributed by atoms with Crippen LogP contribution < -0.4 is 4.72 Å². The van der Waals surface area contributed by atoms with Crippen LogP contribution in [0.3, 0.4) is 0 Å². The zero-order valence-electron chi connectivity index (χ0n) is 9.35. The summed E-state index contributed by atoms with van der Waals surface area (Å²) in [7, 11) is -3.72. The molecule has 0 spiro atoms. The number of aliphatic carboxylic acids is 1. The normalized spacial score (nSPS) is 13.3. The van der Waals surface area contributed by atoms with Gasteiger partial charge in [-0.1, -0.05) is 17.7 Å². The van der Waals surface area contributed by atoms with Gasteiger partial charge in [-0.2, -0.15) is 4.72 Å². The second kappa shape index (κ2) is 5.64. The molecule has 0 saturated carbocycles. The topological polar surface area (TPSA) is 83.5 Å². The van der Waals surface area contributed by atoms with Crippen LogP contribution in [-0.2, 0) is 14.8 Å². The predicted octanol–water partition coefficient (Wildman–Crippen LogP) is 1.54. The van der Waals surface area contributed by atoms with Crippen LogP contribution in [0.2, 0.25) is 5.02 Å². The Balaban J connectivity index is 3.13. The molecule has 5 nitrogen and oxygen atoms in total. The van der Waals surface area contributed by atoms with E-state index in [0.29, 0.717) is 0 Å². The summed E-state index contributed by atoms with van der Waals surface area (Å²) in [5.74, 6) is -2.50. The molecule has 0 aliphatic rings. The van der Waals surface area contributed by atoms with Crippen molar-refractivity contribution in [2.45, 2.75) is 13.0 Å². The number of nitrogens with one attached hydrogen (secondary N) is 1. The van der Waals surface area contributed by atoms with Crippen molar-refractivity contribution in [3.05, 3.63) is 34.6 Å². The summed E-state index contributed by atoms with van der Waals surface area (Å²) < 4.78 is 37.9. The Morgan fingerprint density at radius 1 is 1.56 bits per heavy atom. The number of carboxylic acids is 1. The number of rotatable bonds is 5. The third-order valence-electron chi connectivity index (χ3n) is 2.20. The lowest BCUT2D eigenvalue weighted by Crippen LogP contribution is -2.34. The zero-order chi connectivity index (χ0) is 13.9. The number of carbonyl (C=O) groups is 1. The highest BCUT2D eigenvalue weighted by Crippen LogP contribution is 2.21. The van der Waals surface area contributed by atoms with Crippen LogP contribution in [-0.4, -0.2) is 25.2 Å². The van der Waals surface area contributed by atoms with E-state index in [1.54, 1.807) is 0 Å². The minimum absolute atomic E-state index is 0.0265. The van der Waals surface area contributed by atoms with Gasteiger partial charge in [0.15, 0.2) is 0 Å². The van der Waals surface area contributed by atoms with E-state index >= 15 is 0 Å². The van der Waals surface area contributed by atoms with Crippen LogP contribution >= 0.6 is 11.6 Å². The lowest BCUT2D eigenvalue weighted by Gasteiger charge is -2.14. The fourth-order valence-corrected chi connectivity index (χ4v) is 2.10. The minimum atomic E-state index is -3.72. The van der Waals surface area contributed by atoms with Crippen molar-refractivity contribution in [2.75, 3.05) is 5.75 Å². The van der Waals surface area contributed by atoms with Crippen LogP contribution in [0.15, 0.2) is 18.2 Å². The van der Waals surface area contributed by atoms with E-state index in [1.165, 1.54) is 19.1 Å². The largest absolute Gasteiger partial charge is 0.480 e. The van der Waals surface area contributed by atoms with E-state index < -0.39 is 27.9 Å². The van der Waals surface area contributed by atoms with Crippen LogP contribution in [0.25, 0.3) is 0 Å². The number of benzene rings is 1. The highest BCUT2D eigenvalue weighted by molar-refractivity contribution is 7.89. The van der Waals surface area contributed by atoms with Crippen molar-refractivity contribution in [1.29, 1.82) is 0 Å². The molecule has 0 radical (unpaired) electrons. The molecule has 1 aromatic rings. The number of sulfonamides is 1. The molecular weight excluding hydrogens is 285 g/mol. The molecule has 1 atom stereocenters. The van der Waals surface area contributed by atoms with Gasteiger partial charge >= 0.3 is 5.97 Å². The number of halogens is 2. The maximum Gasteiger partial charge on any atom is 0.326 e. The van der Waals surface area contributed by atoms with Gasteiger partial charge in [0.25, 0.3) is 0 Å². The van der Waals surface area contributed by atoms with Gasteiger partial charge in [0.2, 0.25) is 10.0 Å². The number of carboxylic acid groups (broad SMARTS) is 1. The molecule has 2 N–H and O–H groups in total. The standard InChI is InChI=1S/C10H11ClFNO4S/c1-2-18(16,17)13-9(10(14)15)6-3-4-7(11)8(12)5-6/h3-5,9,13H,2H2,1H3,(H,14,15). The Morgan fingerprint density at radius 3 is 2.61 bits per heavy atom. The van der Waals surface area contributed by atoms with Gasteiger partial charge in [-0.15, -0.1) is 0 Å². The molecule has 0 saturated heterocycles. The minimum Gasteiger partial charge on any atom is -0.480 e. The average Bonchev–Trinajstić information content (AvgIpc) is 2.30. The molecule has 100 valence electrons. The molecule has 0 bridgehead atoms. The third kappa shape index (κ3) is 3.66. The third-order valence-corrected chi connectivity index (χ3v) is 3.86. The monoisotopic (exact) mass is 295 g/mol. The van der Waals surface area contributed by atoms with Crippen molar-refractivity contribution in [2.24, 2.45) is 0 Å². The number of hydrogen-bond acceptors (Lipinski definition) is 3. The molecular formula is C10H11ClFNO4S. The molecule has 0 aliphatic heterocycles. The predicted molar refractivity (Wildman–Crippen MR) is 64.4 cm³/mol. The summed E-state index contributed by atoms with van der Waals surface area (Å²) in [6.07, 6.45) is 0. The molecule has 1 aromatic carbocycles. The summed E-state index contributed by atoms with van der Waals surface area (Å²) in [6.45, 7) is 1.36. The lowest BCUT2D eigenvalue weighted by molar-refractivity contribution is -0.139. The number of hydrogen-bond donors (Lipinski definition) is 2. The highest BCUT2D eigenvalue weighted by atomic mass is 35.5. The maximum atomic E-state index is 13.2. The molecule has 1 unspecified atom stereocenters. The Bertz CT molecular complexity index is 561. The van der Waals surface area contributed by atoms with E-state index in [1.807, 2.05) is 4.72 Å². The summed E-state index contributed by atoms with van der Waals surface area (Å²) in [4.78, 5) is 11.0. The van der Waals surface area contributed by atoms with E-state index in [2.05, 4.69) is 0 Å². The second-order valence-corrected chi connectivity index (χ2v) is 5.92. The van der Waals surface area contributed by atoms with Crippen molar-refractivity contribution in [3.8, 4) is 0 Å². The van der Waals surface area contributed by atoms with Crippen molar-refractivity contribution >= 4 is 27.6 Å². The summed E-state index contributed by atoms with van der Waals surface area (Å²) in [5.41, 5.74) is -0.0265. The first kappa shape index (κ1) is 14.9. The van der Waals surface area contributed by atoms with Gasteiger partial charge in [0, 0.05) is 0 Å².